The summed E-state index contributed by atoms with van der Waals surface area (Å²) in [4.78, 5) is 6.75. The number of likely N-dealkylation sites (tertiary alicyclic amines) is 1. The van der Waals surface area contributed by atoms with Gasteiger partial charge in [-0.1, -0.05) is 11.6 Å². The molecule has 0 radical (unpaired) electrons. The number of hydrogen-bond acceptors (Lipinski definition) is 4. The van der Waals surface area contributed by atoms with E-state index in [0.717, 1.165) is 92.5 Å². The number of ether oxygens (including phenoxy) is 1. The van der Waals surface area contributed by atoms with Crippen LogP contribution in [0.3, 0.4) is 0 Å². The fourth-order valence-corrected chi connectivity index (χ4v) is 5.47. The van der Waals surface area contributed by atoms with Crippen LogP contribution in [0, 0.1) is 22.9 Å². The number of piperidine rings is 1. The molecule has 0 unspecified atom stereocenters. The normalized spacial score (nSPS) is 15.9. The van der Waals surface area contributed by atoms with Crippen molar-refractivity contribution in [3.63, 3.8) is 0 Å². The van der Waals surface area contributed by atoms with E-state index in [1.807, 2.05) is 18.2 Å². The van der Waals surface area contributed by atoms with Crippen molar-refractivity contribution in [2.24, 2.45) is 5.41 Å². The van der Waals surface area contributed by atoms with Crippen LogP contribution in [0.1, 0.15) is 43.2 Å². The van der Waals surface area contributed by atoms with Crippen molar-refractivity contribution in [2.75, 3.05) is 33.4 Å². The summed E-state index contributed by atoms with van der Waals surface area (Å²) in [5.74, 6) is -2.94. The zero-order valence-corrected chi connectivity index (χ0v) is 21.3. The van der Waals surface area contributed by atoms with Gasteiger partial charge in [0, 0.05) is 18.2 Å². The van der Waals surface area contributed by atoms with Gasteiger partial charge >= 0.3 is 0 Å². The summed E-state index contributed by atoms with van der Waals surface area (Å²) in [7, 11) is 1.64. The molecule has 8 heteroatoms. The Kier molecular flexibility index (Phi) is 8.75. The quantitative estimate of drug-likeness (QED) is 0.317. The van der Waals surface area contributed by atoms with Crippen molar-refractivity contribution in [3.8, 4) is 5.75 Å². The number of pyridine rings is 1. The second-order valence-electron chi connectivity index (χ2n) is 9.80. The van der Waals surface area contributed by atoms with Crippen LogP contribution in [-0.4, -0.2) is 48.3 Å². The zero-order valence-electron chi connectivity index (χ0n) is 20.5. The first-order valence-electron chi connectivity index (χ1n) is 12.4. The molecule has 3 aromatic rings. The van der Waals surface area contributed by atoms with E-state index in [1.54, 1.807) is 13.3 Å². The van der Waals surface area contributed by atoms with Gasteiger partial charge in [-0.15, -0.1) is 0 Å². The van der Waals surface area contributed by atoms with Crippen LogP contribution in [0.4, 0.5) is 13.2 Å². The summed E-state index contributed by atoms with van der Waals surface area (Å²) in [6.45, 7) is 2.67. The molecule has 0 atom stereocenters. The first-order chi connectivity index (χ1) is 17.3. The second kappa shape index (κ2) is 11.8. The minimum atomic E-state index is -1.42. The van der Waals surface area contributed by atoms with Crippen LogP contribution in [0.25, 0.3) is 10.9 Å². The van der Waals surface area contributed by atoms with Gasteiger partial charge in [0.25, 0.3) is 0 Å². The Morgan fingerprint density at radius 2 is 1.78 bits per heavy atom. The molecule has 194 valence electrons. The number of halogens is 4. The van der Waals surface area contributed by atoms with E-state index in [9.17, 15) is 18.3 Å². The van der Waals surface area contributed by atoms with E-state index in [1.165, 1.54) is 0 Å². The van der Waals surface area contributed by atoms with Crippen LogP contribution in [0.5, 0.6) is 5.75 Å². The lowest BCUT2D eigenvalue weighted by molar-refractivity contribution is 0.0353. The zero-order chi connectivity index (χ0) is 25.7. The van der Waals surface area contributed by atoms with Crippen LogP contribution < -0.4 is 4.74 Å². The van der Waals surface area contributed by atoms with Gasteiger partial charge in [-0.2, -0.15) is 0 Å². The van der Waals surface area contributed by atoms with E-state index in [2.05, 4.69) is 9.88 Å². The van der Waals surface area contributed by atoms with Gasteiger partial charge in [0.05, 0.1) is 17.6 Å². The number of benzene rings is 2. The van der Waals surface area contributed by atoms with Gasteiger partial charge in [0.15, 0.2) is 17.5 Å². The average Bonchev–Trinajstić information content (AvgIpc) is 2.89. The third-order valence-corrected chi connectivity index (χ3v) is 7.83. The smallest absolute Gasteiger partial charge is 0.194 e. The van der Waals surface area contributed by atoms with Crippen LogP contribution in [0.2, 0.25) is 5.02 Å². The highest BCUT2D eigenvalue weighted by Gasteiger charge is 2.33. The third kappa shape index (κ3) is 6.13. The summed E-state index contributed by atoms with van der Waals surface area (Å²) in [6, 6.07) is 7.93. The SMILES string of the molecule is COc1ccc2ncc(Cl)c(CCCC3(CO)CCN(CCCc4cc(F)c(F)c(F)c4)CC3)c2c1. The number of aliphatic hydroxyl groups is 1. The maximum absolute atomic E-state index is 13.4. The molecule has 1 aromatic heterocycles. The lowest BCUT2D eigenvalue weighted by Gasteiger charge is -2.41. The number of rotatable bonds is 10. The molecular formula is C28H32ClF3N2O2. The first-order valence-corrected chi connectivity index (χ1v) is 12.8. The summed E-state index contributed by atoms with van der Waals surface area (Å²) < 4.78 is 45.4. The minimum absolute atomic E-state index is 0.118. The predicted molar refractivity (Wildman–Crippen MR) is 136 cm³/mol. The van der Waals surface area contributed by atoms with E-state index >= 15 is 0 Å². The van der Waals surface area contributed by atoms with Crippen molar-refractivity contribution < 1.29 is 23.0 Å². The van der Waals surface area contributed by atoms with Crippen LogP contribution in [0.15, 0.2) is 36.5 Å². The summed E-state index contributed by atoms with van der Waals surface area (Å²) in [5.41, 5.74) is 2.28. The van der Waals surface area contributed by atoms with Crippen molar-refractivity contribution in [1.82, 2.24) is 9.88 Å². The highest BCUT2D eigenvalue weighted by atomic mass is 35.5. The average molecular weight is 521 g/mol. The summed E-state index contributed by atoms with van der Waals surface area (Å²) in [5, 5.41) is 11.9. The van der Waals surface area contributed by atoms with E-state index in [0.29, 0.717) is 17.0 Å². The fraction of sp³-hybridized carbons (Fsp3) is 0.464. The highest BCUT2D eigenvalue weighted by Crippen LogP contribution is 2.37. The van der Waals surface area contributed by atoms with Crippen molar-refractivity contribution in [1.29, 1.82) is 0 Å². The van der Waals surface area contributed by atoms with E-state index in [-0.39, 0.29) is 12.0 Å². The minimum Gasteiger partial charge on any atom is -0.497 e. The van der Waals surface area contributed by atoms with Gasteiger partial charge in [-0.3, -0.25) is 4.98 Å². The van der Waals surface area contributed by atoms with Crippen molar-refractivity contribution >= 4 is 22.5 Å². The Hall–Kier alpha value is -2.35. The molecule has 1 N–H and O–H groups in total. The number of aryl methyl sites for hydroxylation is 2. The Morgan fingerprint density at radius 1 is 1.06 bits per heavy atom. The Balaban J connectivity index is 1.29. The van der Waals surface area contributed by atoms with Crippen molar-refractivity contribution in [2.45, 2.75) is 44.9 Å². The second-order valence-corrected chi connectivity index (χ2v) is 10.2. The highest BCUT2D eigenvalue weighted by molar-refractivity contribution is 6.32. The van der Waals surface area contributed by atoms with Crippen LogP contribution in [-0.2, 0) is 12.8 Å². The predicted octanol–water partition coefficient (Wildman–Crippen LogP) is 6.34. The molecule has 4 nitrogen and oxygen atoms in total. The molecule has 36 heavy (non-hydrogen) atoms. The Bertz CT molecular complexity index is 1180. The lowest BCUT2D eigenvalue weighted by atomic mass is 9.75. The molecule has 1 aliphatic rings. The van der Waals surface area contributed by atoms with Gasteiger partial charge in [0.2, 0.25) is 0 Å². The number of fused-ring (bicyclic) bond motifs is 1. The van der Waals surface area contributed by atoms with E-state index in [4.69, 9.17) is 16.3 Å². The van der Waals surface area contributed by atoms with Gasteiger partial charge in [-0.05, 0) is 111 Å². The molecule has 1 aliphatic heterocycles. The molecule has 2 aromatic carbocycles. The fourth-order valence-electron chi connectivity index (χ4n) is 5.22. The monoisotopic (exact) mass is 520 g/mol. The van der Waals surface area contributed by atoms with Gasteiger partial charge in [0.1, 0.15) is 5.75 Å². The Labute approximate surface area is 215 Å². The molecule has 4 rings (SSSR count). The molecule has 0 amide bonds. The molecule has 1 saturated heterocycles. The molecule has 0 spiro atoms. The third-order valence-electron chi connectivity index (χ3n) is 7.50. The largest absolute Gasteiger partial charge is 0.497 e. The molecule has 0 saturated carbocycles. The maximum Gasteiger partial charge on any atom is 0.194 e. The lowest BCUT2D eigenvalue weighted by Crippen LogP contribution is -2.42. The molecule has 0 bridgehead atoms. The first kappa shape index (κ1) is 26.7. The Morgan fingerprint density at radius 3 is 2.44 bits per heavy atom. The maximum atomic E-state index is 13.4. The topological polar surface area (TPSA) is 45.6 Å². The van der Waals surface area contributed by atoms with Gasteiger partial charge < -0.3 is 14.7 Å². The number of aliphatic hydroxyl groups excluding tert-OH is 1. The molecule has 0 aliphatic carbocycles. The number of methoxy groups -OCH3 is 1. The molecule has 1 fully saturated rings. The summed E-state index contributed by atoms with van der Waals surface area (Å²) >= 11 is 6.51. The van der Waals surface area contributed by atoms with Gasteiger partial charge in [-0.25, -0.2) is 13.2 Å². The van der Waals surface area contributed by atoms with Crippen LogP contribution >= 0.6 is 11.6 Å². The standard InChI is InChI=1S/C28H32ClF3N2O2/c1-36-20-6-7-26-22(16-20)21(23(29)17-33-26)5-2-8-28(18-35)9-12-34(13-10-28)11-3-4-19-14-24(30)27(32)25(31)15-19/h6-7,14-17,35H,2-5,8-13,18H2,1H3. The summed E-state index contributed by atoms with van der Waals surface area (Å²) in [6.07, 6.45) is 7.29. The van der Waals surface area contributed by atoms with E-state index < -0.39 is 17.5 Å². The van der Waals surface area contributed by atoms with Crippen molar-refractivity contribution in [3.05, 3.63) is 70.1 Å². The molecule has 2 heterocycles. The number of hydrogen-bond donors (Lipinski definition) is 1. The number of nitrogens with zero attached hydrogens (tertiary/aromatic N) is 2. The molecular weight excluding hydrogens is 489 g/mol. The number of aromatic nitrogens is 1.